The monoisotopic (exact) mass is 284 g/mol. The third-order valence-electron chi connectivity index (χ3n) is 1.75. The van der Waals surface area contributed by atoms with E-state index < -0.39 is 5.97 Å². The number of hydrazone groups is 1. The van der Waals surface area contributed by atoms with E-state index in [0.29, 0.717) is 12.3 Å². The molecule has 0 aromatic heterocycles. The Morgan fingerprint density at radius 2 is 2.31 bits per heavy atom. The molecular weight excluding hydrogens is 272 g/mol. The summed E-state index contributed by atoms with van der Waals surface area (Å²) in [5.74, 6) is -0.412. The zero-order valence-electron chi connectivity index (χ0n) is 9.16. The van der Waals surface area contributed by atoms with Crippen molar-refractivity contribution in [2.24, 2.45) is 5.10 Å². The Morgan fingerprint density at radius 3 is 2.94 bits per heavy atom. The number of hydrogen-bond acceptors (Lipinski definition) is 4. The van der Waals surface area contributed by atoms with E-state index in [1.807, 2.05) is 24.3 Å². The van der Waals surface area contributed by atoms with Gasteiger partial charge in [0, 0.05) is 4.47 Å². The number of carbonyl (C=O) groups is 1. The third kappa shape index (κ3) is 4.02. The summed E-state index contributed by atoms with van der Waals surface area (Å²) in [7, 11) is 0. The second-order valence-electron chi connectivity index (χ2n) is 3.04. The number of esters is 1. The second-order valence-corrected chi connectivity index (χ2v) is 3.96. The third-order valence-corrected chi connectivity index (χ3v) is 2.24. The normalized spacial score (nSPS) is 11.1. The number of halogens is 1. The van der Waals surface area contributed by atoms with Gasteiger partial charge in [-0.05, 0) is 32.0 Å². The van der Waals surface area contributed by atoms with Gasteiger partial charge in [-0.25, -0.2) is 4.79 Å². The van der Waals surface area contributed by atoms with Crippen LogP contribution in [0.5, 0.6) is 0 Å². The lowest BCUT2D eigenvalue weighted by atomic mass is 10.3. The first-order valence-corrected chi connectivity index (χ1v) is 5.65. The van der Waals surface area contributed by atoms with Gasteiger partial charge in [0.25, 0.3) is 0 Å². The van der Waals surface area contributed by atoms with Gasteiger partial charge in [-0.1, -0.05) is 22.0 Å². The number of hydrogen-bond donors (Lipinski definition) is 1. The molecule has 0 aliphatic rings. The van der Waals surface area contributed by atoms with Crippen molar-refractivity contribution in [1.82, 2.24) is 0 Å². The topological polar surface area (TPSA) is 50.7 Å². The Morgan fingerprint density at radius 1 is 1.56 bits per heavy atom. The zero-order chi connectivity index (χ0) is 12.0. The molecule has 1 rings (SSSR count). The van der Waals surface area contributed by atoms with Gasteiger partial charge in [0.1, 0.15) is 5.71 Å². The first-order chi connectivity index (χ1) is 7.63. The van der Waals surface area contributed by atoms with Crippen LogP contribution in [0.15, 0.2) is 33.8 Å². The van der Waals surface area contributed by atoms with Gasteiger partial charge in [-0.3, -0.25) is 5.43 Å². The number of ether oxygens (including phenoxy) is 1. The summed E-state index contributed by atoms with van der Waals surface area (Å²) >= 11 is 3.34. The van der Waals surface area contributed by atoms with Crippen LogP contribution in [-0.2, 0) is 9.53 Å². The highest BCUT2D eigenvalue weighted by atomic mass is 79.9. The smallest absolute Gasteiger partial charge is 0.354 e. The molecule has 1 aromatic rings. The lowest BCUT2D eigenvalue weighted by Gasteiger charge is -2.03. The maximum Gasteiger partial charge on any atom is 0.354 e. The van der Waals surface area contributed by atoms with Crippen LogP contribution in [0, 0.1) is 0 Å². The Bertz CT molecular complexity index is 405. The molecule has 0 atom stereocenters. The predicted octanol–water partition coefficient (Wildman–Crippen LogP) is 2.80. The predicted molar refractivity (Wildman–Crippen MR) is 67.5 cm³/mol. The molecule has 0 heterocycles. The molecule has 1 N–H and O–H groups in total. The Hall–Kier alpha value is -1.36. The maximum absolute atomic E-state index is 11.2. The van der Waals surface area contributed by atoms with Crippen LogP contribution in [0.4, 0.5) is 5.69 Å². The largest absolute Gasteiger partial charge is 0.461 e. The van der Waals surface area contributed by atoms with Crippen LogP contribution in [-0.4, -0.2) is 18.3 Å². The minimum atomic E-state index is -0.412. The van der Waals surface area contributed by atoms with E-state index in [-0.39, 0.29) is 0 Å². The highest BCUT2D eigenvalue weighted by molar-refractivity contribution is 9.10. The molecule has 1 aromatic carbocycles. The fourth-order valence-corrected chi connectivity index (χ4v) is 1.39. The molecule has 0 saturated heterocycles. The fourth-order valence-electron chi connectivity index (χ4n) is 0.988. The fraction of sp³-hybridized carbons (Fsp3) is 0.273. The highest BCUT2D eigenvalue weighted by Crippen LogP contribution is 2.15. The van der Waals surface area contributed by atoms with Crippen LogP contribution in [0.1, 0.15) is 13.8 Å². The van der Waals surface area contributed by atoms with E-state index in [0.717, 1.165) is 10.2 Å². The van der Waals surface area contributed by atoms with Gasteiger partial charge in [-0.2, -0.15) is 5.10 Å². The van der Waals surface area contributed by atoms with Crippen molar-refractivity contribution < 1.29 is 9.53 Å². The van der Waals surface area contributed by atoms with E-state index >= 15 is 0 Å². The Kier molecular flexibility index (Phi) is 4.98. The maximum atomic E-state index is 11.2. The van der Waals surface area contributed by atoms with Crippen molar-refractivity contribution in [3.05, 3.63) is 28.7 Å². The summed E-state index contributed by atoms with van der Waals surface area (Å²) in [4.78, 5) is 11.2. The lowest BCUT2D eigenvalue weighted by Crippen LogP contribution is -2.15. The van der Waals surface area contributed by atoms with E-state index in [4.69, 9.17) is 4.74 Å². The minimum absolute atomic E-state index is 0.293. The van der Waals surface area contributed by atoms with Crippen molar-refractivity contribution in [2.45, 2.75) is 13.8 Å². The van der Waals surface area contributed by atoms with Crippen molar-refractivity contribution in [3.8, 4) is 0 Å². The summed E-state index contributed by atoms with van der Waals surface area (Å²) in [6, 6.07) is 7.50. The van der Waals surface area contributed by atoms with Gasteiger partial charge >= 0.3 is 5.97 Å². The van der Waals surface area contributed by atoms with Crippen molar-refractivity contribution in [1.29, 1.82) is 0 Å². The van der Waals surface area contributed by atoms with Crippen molar-refractivity contribution in [3.63, 3.8) is 0 Å². The molecule has 5 heteroatoms. The van der Waals surface area contributed by atoms with Gasteiger partial charge in [0.05, 0.1) is 12.3 Å². The first kappa shape index (κ1) is 12.7. The lowest BCUT2D eigenvalue weighted by molar-refractivity contribution is -0.135. The summed E-state index contributed by atoms with van der Waals surface area (Å²) in [6.07, 6.45) is 0. The first-order valence-electron chi connectivity index (χ1n) is 4.86. The number of benzene rings is 1. The van der Waals surface area contributed by atoms with Crippen LogP contribution < -0.4 is 5.43 Å². The SMILES string of the molecule is CCOC(=O)/C(C)=N/Nc1cccc(Br)c1. The summed E-state index contributed by atoms with van der Waals surface area (Å²) in [5, 5.41) is 3.93. The molecule has 0 fully saturated rings. The van der Waals surface area contributed by atoms with Crippen LogP contribution in [0.2, 0.25) is 0 Å². The number of nitrogens with one attached hydrogen (secondary N) is 1. The molecule has 0 bridgehead atoms. The van der Waals surface area contributed by atoms with Crippen molar-refractivity contribution >= 4 is 33.3 Å². The van der Waals surface area contributed by atoms with Gasteiger partial charge < -0.3 is 4.74 Å². The molecule has 0 aliphatic carbocycles. The quantitative estimate of drug-likeness (QED) is 0.526. The molecule has 0 aliphatic heterocycles. The van der Waals surface area contributed by atoms with E-state index in [1.165, 1.54) is 0 Å². The number of anilines is 1. The van der Waals surface area contributed by atoms with E-state index in [9.17, 15) is 4.79 Å². The van der Waals surface area contributed by atoms with Crippen molar-refractivity contribution in [2.75, 3.05) is 12.0 Å². The standard InChI is InChI=1S/C11H13BrN2O2/c1-3-16-11(15)8(2)13-14-10-6-4-5-9(12)7-10/h4-7,14H,3H2,1-2H3/b13-8+. The number of carbonyl (C=O) groups excluding carboxylic acids is 1. The molecule has 0 unspecified atom stereocenters. The second kappa shape index (κ2) is 6.27. The van der Waals surface area contributed by atoms with Crippen LogP contribution >= 0.6 is 15.9 Å². The molecule has 0 spiro atoms. The van der Waals surface area contributed by atoms with E-state index in [2.05, 4.69) is 26.5 Å². The molecule has 4 nitrogen and oxygen atoms in total. The number of nitrogens with zero attached hydrogens (tertiary/aromatic N) is 1. The van der Waals surface area contributed by atoms with Crippen LogP contribution in [0.3, 0.4) is 0 Å². The van der Waals surface area contributed by atoms with Gasteiger partial charge in [-0.15, -0.1) is 0 Å². The molecule has 86 valence electrons. The molecule has 0 amide bonds. The summed E-state index contributed by atoms with van der Waals surface area (Å²) in [5.41, 5.74) is 3.88. The van der Waals surface area contributed by atoms with Crippen LogP contribution in [0.25, 0.3) is 0 Å². The van der Waals surface area contributed by atoms with E-state index in [1.54, 1.807) is 13.8 Å². The Labute approximate surface area is 103 Å². The minimum Gasteiger partial charge on any atom is -0.461 e. The van der Waals surface area contributed by atoms with Gasteiger partial charge in [0.2, 0.25) is 0 Å². The zero-order valence-corrected chi connectivity index (χ0v) is 10.7. The average molecular weight is 285 g/mol. The molecule has 0 saturated carbocycles. The molecule has 0 radical (unpaired) electrons. The molecule has 16 heavy (non-hydrogen) atoms. The summed E-state index contributed by atoms with van der Waals surface area (Å²) < 4.78 is 5.74. The summed E-state index contributed by atoms with van der Waals surface area (Å²) in [6.45, 7) is 3.71. The molecular formula is C11H13BrN2O2. The number of rotatable bonds is 4. The van der Waals surface area contributed by atoms with Gasteiger partial charge in [0.15, 0.2) is 0 Å². The highest BCUT2D eigenvalue weighted by Gasteiger charge is 2.05. The Balaban J connectivity index is 2.62. The average Bonchev–Trinajstić information content (AvgIpc) is 2.26.